The van der Waals surface area contributed by atoms with Crippen LogP contribution in [-0.2, 0) is 4.74 Å². The van der Waals surface area contributed by atoms with E-state index in [1.807, 2.05) is 31.0 Å². The number of aryl methyl sites for hydroxylation is 1. The van der Waals surface area contributed by atoms with Crippen LogP contribution in [0.2, 0.25) is 0 Å². The lowest BCUT2D eigenvalue weighted by Gasteiger charge is -2.28. The Morgan fingerprint density at radius 2 is 2.12 bits per heavy atom. The molecular weight excluding hydrogens is 368 g/mol. The number of thiophene rings is 1. The number of ether oxygens (including phenoxy) is 1. The number of fused-ring (bicyclic) bond motifs is 1. The number of hydrogen-bond acceptors (Lipinski definition) is 7. The normalized spacial score (nSPS) is 15.0. The minimum atomic E-state index is -0.215. The minimum absolute atomic E-state index is 0.212. The Morgan fingerprint density at radius 1 is 1.35 bits per heavy atom. The predicted molar refractivity (Wildman–Crippen MR) is 110 cm³/mol. The molecule has 0 unspecified atom stereocenters. The molecule has 0 saturated carbocycles. The second kappa shape index (κ2) is 9.01. The fourth-order valence-corrected chi connectivity index (χ4v) is 4.55. The van der Waals surface area contributed by atoms with Gasteiger partial charge in [-0.1, -0.05) is 0 Å². The van der Waals surface area contributed by atoms with E-state index in [1.54, 1.807) is 11.3 Å². The first kappa shape index (κ1) is 19.4. The van der Waals surface area contributed by atoms with E-state index >= 15 is 0 Å². The summed E-state index contributed by atoms with van der Waals surface area (Å²) in [6.45, 7) is 9.21. The highest BCUT2D eigenvalue weighted by molar-refractivity contribution is 7.99. The molecule has 0 bridgehead atoms. The molecule has 0 aromatic carbocycles. The standard InChI is InChI=1S/C18H26N4O2S2/c1-12(2)24-8-4-5-19-18(23)16-20-14-11-26-13(3)15(14)17(21-16)22-6-9-25-10-7-22/h11-12H,4-10H2,1-3H3,(H,19,23). The summed E-state index contributed by atoms with van der Waals surface area (Å²) in [6, 6.07) is 0. The van der Waals surface area contributed by atoms with Crippen molar-refractivity contribution in [2.24, 2.45) is 0 Å². The Kier molecular flexibility index (Phi) is 6.72. The molecule has 6 nitrogen and oxygen atoms in total. The largest absolute Gasteiger partial charge is 0.379 e. The van der Waals surface area contributed by atoms with Gasteiger partial charge in [-0.05, 0) is 27.2 Å². The summed E-state index contributed by atoms with van der Waals surface area (Å²) in [5.74, 6) is 3.13. The Balaban J connectivity index is 1.75. The van der Waals surface area contributed by atoms with Crippen LogP contribution in [0.3, 0.4) is 0 Å². The van der Waals surface area contributed by atoms with Gasteiger partial charge in [-0.2, -0.15) is 11.8 Å². The molecule has 1 N–H and O–H groups in total. The van der Waals surface area contributed by atoms with Gasteiger partial charge < -0.3 is 15.0 Å². The maximum Gasteiger partial charge on any atom is 0.289 e. The fraction of sp³-hybridized carbons (Fsp3) is 0.611. The molecule has 1 aliphatic rings. The van der Waals surface area contributed by atoms with Crippen LogP contribution in [0.25, 0.3) is 10.9 Å². The Hall–Kier alpha value is -1.38. The zero-order valence-corrected chi connectivity index (χ0v) is 17.2. The molecule has 2 aromatic heterocycles. The highest BCUT2D eigenvalue weighted by Crippen LogP contribution is 2.32. The lowest BCUT2D eigenvalue weighted by molar-refractivity contribution is 0.0756. The summed E-state index contributed by atoms with van der Waals surface area (Å²) in [5, 5.41) is 6.01. The van der Waals surface area contributed by atoms with Gasteiger partial charge in [0.2, 0.25) is 5.82 Å². The van der Waals surface area contributed by atoms with Crippen molar-refractivity contribution < 1.29 is 9.53 Å². The maximum atomic E-state index is 12.5. The number of carbonyl (C=O) groups is 1. The van der Waals surface area contributed by atoms with Gasteiger partial charge in [0.1, 0.15) is 5.82 Å². The lowest BCUT2D eigenvalue weighted by atomic mass is 10.2. The first-order chi connectivity index (χ1) is 12.6. The quantitative estimate of drug-likeness (QED) is 0.728. The Bertz CT molecular complexity index is 757. The number of anilines is 1. The fourth-order valence-electron chi connectivity index (χ4n) is 2.87. The number of nitrogens with zero attached hydrogens (tertiary/aromatic N) is 3. The van der Waals surface area contributed by atoms with Crippen molar-refractivity contribution in [3.8, 4) is 0 Å². The zero-order chi connectivity index (χ0) is 18.5. The van der Waals surface area contributed by atoms with Gasteiger partial charge in [-0.25, -0.2) is 9.97 Å². The molecule has 1 amide bonds. The average molecular weight is 395 g/mol. The van der Waals surface area contributed by atoms with E-state index in [-0.39, 0.29) is 17.8 Å². The van der Waals surface area contributed by atoms with Gasteiger partial charge in [0.05, 0.1) is 17.0 Å². The van der Waals surface area contributed by atoms with Gasteiger partial charge in [0.15, 0.2) is 0 Å². The summed E-state index contributed by atoms with van der Waals surface area (Å²) >= 11 is 3.62. The first-order valence-corrected chi connectivity index (χ1v) is 11.1. The molecule has 0 aliphatic carbocycles. The van der Waals surface area contributed by atoms with Crippen LogP contribution in [0.4, 0.5) is 5.82 Å². The minimum Gasteiger partial charge on any atom is -0.379 e. The number of rotatable bonds is 7. The highest BCUT2D eigenvalue weighted by Gasteiger charge is 2.21. The molecule has 2 aromatic rings. The van der Waals surface area contributed by atoms with Gasteiger partial charge in [-0.3, -0.25) is 4.79 Å². The van der Waals surface area contributed by atoms with Crippen molar-refractivity contribution in [1.29, 1.82) is 0 Å². The molecule has 26 heavy (non-hydrogen) atoms. The molecule has 3 heterocycles. The molecule has 0 radical (unpaired) electrons. The van der Waals surface area contributed by atoms with Gasteiger partial charge in [0.25, 0.3) is 5.91 Å². The Morgan fingerprint density at radius 3 is 2.85 bits per heavy atom. The number of hydrogen-bond donors (Lipinski definition) is 1. The summed E-state index contributed by atoms with van der Waals surface area (Å²) in [7, 11) is 0. The van der Waals surface area contributed by atoms with Crippen LogP contribution in [0.1, 0.15) is 35.8 Å². The first-order valence-electron chi connectivity index (χ1n) is 9.04. The molecule has 0 atom stereocenters. The van der Waals surface area contributed by atoms with Gasteiger partial charge >= 0.3 is 0 Å². The van der Waals surface area contributed by atoms with E-state index < -0.39 is 0 Å². The van der Waals surface area contributed by atoms with Crippen LogP contribution in [-0.4, -0.2) is 59.7 Å². The van der Waals surface area contributed by atoms with E-state index in [9.17, 15) is 4.79 Å². The third-order valence-electron chi connectivity index (χ3n) is 4.19. The number of amides is 1. The predicted octanol–water partition coefficient (Wildman–Crippen LogP) is 3.10. The van der Waals surface area contributed by atoms with E-state index in [0.717, 1.165) is 47.7 Å². The van der Waals surface area contributed by atoms with Gasteiger partial charge in [0, 0.05) is 48.0 Å². The van der Waals surface area contributed by atoms with Crippen molar-refractivity contribution in [2.45, 2.75) is 33.3 Å². The van der Waals surface area contributed by atoms with Crippen LogP contribution in [0.5, 0.6) is 0 Å². The summed E-state index contributed by atoms with van der Waals surface area (Å²) < 4.78 is 5.50. The van der Waals surface area contributed by atoms with E-state index in [1.165, 1.54) is 4.88 Å². The molecule has 142 valence electrons. The molecule has 3 rings (SSSR count). The summed E-state index contributed by atoms with van der Waals surface area (Å²) in [4.78, 5) is 25.2. The number of nitrogens with one attached hydrogen (secondary N) is 1. The second-order valence-electron chi connectivity index (χ2n) is 6.55. The Labute approximate surface area is 162 Å². The van der Waals surface area contributed by atoms with Crippen LogP contribution < -0.4 is 10.2 Å². The smallest absolute Gasteiger partial charge is 0.289 e. The molecule has 0 spiro atoms. The highest BCUT2D eigenvalue weighted by atomic mass is 32.2. The second-order valence-corrected chi connectivity index (χ2v) is 8.86. The molecule has 1 aliphatic heterocycles. The number of aromatic nitrogens is 2. The van der Waals surface area contributed by atoms with Crippen LogP contribution in [0, 0.1) is 6.92 Å². The van der Waals surface area contributed by atoms with E-state index in [4.69, 9.17) is 4.74 Å². The topological polar surface area (TPSA) is 67.3 Å². The maximum absolute atomic E-state index is 12.5. The van der Waals surface area contributed by atoms with Crippen molar-refractivity contribution in [3.63, 3.8) is 0 Å². The monoisotopic (exact) mass is 394 g/mol. The molecule has 1 saturated heterocycles. The average Bonchev–Trinajstić information content (AvgIpc) is 3.02. The van der Waals surface area contributed by atoms with Crippen molar-refractivity contribution in [3.05, 3.63) is 16.1 Å². The van der Waals surface area contributed by atoms with Crippen LogP contribution >= 0.6 is 23.1 Å². The summed E-state index contributed by atoms with van der Waals surface area (Å²) in [5.41, 5.74) is 0.865. The third kappa shape index (κ3) is 4.66. The lowest BCUT2D eigenvalue weighted by Crippen LogP contribution is -2.34. The van der Waals surface area contributed by atoms with Crippen LogP contribution in [0.15, 0.2) is 5.38 Å². The summed E-state index contributed by atoms with van der Waals surface area (Å²) in [6.07, 6.45) is 0.989. The van der Waals surface area contributed by atoms with Crippen molar-refractivity contribution in [1.82, 2.24) is 15.3 Å². The van der Waals surface area contributed by atoms with Crippen molar-refractivity contribution >= 4 is 45.7 Å². The SMILES string of the molecule is Cc1scc2nc(C(=O)NCCCOC(C)C)nc(N3CCSCC3)c12. The third-order valence-corrected chi connectivity index (χ3v) is 6.03. The number of thioether (sulfide) groups is 1. The zero-order valence-electron chi connectivity index (χ0n) is 15.6. The number of carbonyl (C=O) groups excluding carboxylic acids is 1. The van der Waals surface area contributed by atoms with E-state index in [2.05, 4.69) is 27.1 Å². The van der Waals surface area contributed by atoms with Gasteiger partial charge in [-0.15, -0.1) is 11.3 Å². The molecule has 8 heteroatoms. The molecule has 1 fully saturated rings. The van der Waals surface area contributed by atoms with E-state index in [0.29, 0.717) is 13.2 Å². The molecular formula is C18H26N4O2S2. The van der Waals surface area contributed by atoms with Crippen molar-refractivity contribution in [2.75, 3.05) is 42.6 Å².